The zero-order chi connectivity index (χ0) is 14.8. The highest BCUT2D eigenvalue weighted by atomic mass is 32.1. The summed E-state index contributed by atoms with van der Waals surface area (Å²) >= 11 is 1.63. The third-order valence-electron chi connectivity index (χ3n) is 3.51. The maximum Gasteiger partial charge on any atom is 0.274 e. The van der Waals surface area contributed by atoms with Crippen molar-refractivity contribution >= 4 is 17.2 Å². The van der Waals surface area contributed by atoms with E-state index in [4.69, 9.17) is 0 Å². The molecule has 1 aliphatic rings. The molecule has 1 saturated heterocycles. The van der Waals surface area contributed by atoms with Gasteiger partial charge in [0, 0.05) is 24.2 Å². The van der Waals surface area contributed by atoms with E-state index in [1.807, 2.05) is 13.1 Å². The van der Waals surface area contributed by atoms with Gasteiger partial charge in [-0.3, -0.25) is 4.79 Å². The molecule has 3 heterocycles. The van der Waals surface area contributed by atoms with Crippen molar-refractivity contribution in [3.63, 3.8) is 0 Å². The van der Waals surface area contributed by atoms with Gasteiger partial charge >= 0.3 is 0 Å². The fourth-order valence-electron chi connectivity index (χ4n) is 2.04. The molecule has 2 N–H and O–H groups in total. The molecule has 8 heteroatoms. The maximum absolute atomic E-state index is 12.2. The molecular formula is C13H18N6OS. The number of thiazole rings is 1. The van der Waals surface area contributed by atoms with Gasteiger partial charge in [-0.15, -0.1) is 16.4 Å². The summed E-state index contributed by atoms with van der Waals surface area (Å²) in [6, 6.07) is 0.181. The first-order valence-electron chi connectivity index (χ1n) is 7.05. The van der Waals surface area contributed by atoms with Gasteiger partial charge in [0.25, 0.3) is 5.91 Å². The lowest BCUT2D eigenvalue weighted by molar-refractivity contribution is 0.0934. The van der Waals surface area contributed by atoms with Crippen molar-refractivity contribution in [1.29, 1.82) is 0 Å². The van der Waals surface area contributed by atoms with E-state index in [-0.39, 0.29) is 11.9 Å². The molecule has 2 aromatic rings. The lowest BCUT2D eigenvalue weighted by atomic mass is 10.2. The molecule has 1 unspecified atom stereocenters. The van der Waals surface area contributed by atoms with Gasteiger partial charge in [-0.25, -0.2) is 9.67 Å². The van der Waals surface area contributed by atoms with E-state index in [1.54, 1.807) is 22.2 Å². The topological polar surface area (TPSA) is 84.7 Å². The van der Waals surface area contributed by atoms with E-state index in [0.29, 0.717) is 11.7 Å². The third kappa shape index (κ3) is 2.96. The molecule has 0 saturated carbocycles. The second-order valence-corrected chi connectivity index (χ2v) is 6.26. The Morgan fingerprint density at radius 3 is 3.05 bits per heavy atom. The Morgan fingerprint density at radius 1 is 1.62 bits per heavy atom. The zero-order valence-corrected chi connectivity index (χ0v) is 12.9. The van der Waals surface area contributed by atoms with Crippen LogP contribution >= 0.6 is 11.3 Å². The van der Waals surface area contributed by atoms with E-state index in [9.17, 15) is 4.79 Å². The number of hydrogen-bond acceptors (Lipinski definition) is 6. The number of aromatic nitrogens is 4. The maximum atomic E-state index is 12.2. The Hall–Kier alpha value is -1.80. The van der Waals surface area contributed by atoms with E-state index < -0.39 is 0 Å². The summed E-state index contributed by atoms with van der Waals surface area (Å²) in [5.41, 5.74) is 0.348. The predicted octanol–water partition coefficient (Wildman–Crippen LogP) is 0.932. The van der Waals surface area contributed by atoms with Crippen molar-refractivity contribution in [2.75, 3.05) is 13.1 Å². The lowest BCUT2D eigenvalue weighted by Gasteiger charge is -2.26. The molecule has 0 aromatic carbocycles. The first-order valence-corrected chi connectivity index (χ1v) is 7.87. The monoisotopic (exact) mass is 306 g/mol. The third-order valence-corrected chi connectivity index (χ3v) is 4.84. The summed E-state index contributed by atoms with van der Waals surface area (Å²) in [6.07, 6.45) is 4.53. The minimum absolute atomic E-state index is 0.127. The molecule has 112 valence electrons. The fourth-order valence-corrected chi connectivity index (χ4v) is 2.90. The van der Waals surface area contributed by atoms with Gasteiger partial charge in [-0.05, 0) is 13.3 Å². The number of rotatable bonds is 5. The molecule has 0 aliphatic carbocycles. The van der Waals surface area contributed by atoms with Crippen LogP contribution < -0.4 is 10.6 Å². The molecule has 1 atom stereocenters. The average molecular weight is 306 g/mol. The molecule has 0 spiro atoms. The van der Waals surface area contributed by atoms with Crippen LogP contribution in [0.15, 0.2) is 12.4 Å². The highest BCUT2D eigenvalue weighted by Gasteiger charge is 2.22. The van der Waals surface area contributed by atoms with E-state index in [2.05, 4.69) is 32.9 Å². The van der Waals surface area contributed by atoms with Gasteiger partial charge in [0.15, 0.2) is 5.69 Å². The highest BCUT2D eigenvalue weighted by Crippen LogP contribution is 2.20. The minimum atomic E-state index is -0.214. The van der Waals surface area contributed by atoms with Crippen molar-refractivity contribution < 1.29 is 4.79 Å². The van der Waals surface area contributed by atoms with Gasteiger partial charge in [0.05, 0.1) is 18.3 Å². The van der Waals surface area contributed by atoms with Gasteiger partial charge in [0.1, 0.15) is 5.01 Å². The SMILES string of the molecule is CCc1cnc(C(C)NC(=O)c2cn(C3CNC3)nn2)s1. The summed E-state index contributed by atoms with van der Waals surface area (Å²) in [7, 11) is 0. The standard InChI is InChI=1S/C13H18N6OS/c1-3-10-6-15-13(21-10)8(2)16-12(20)11-7-19(18-17-11)9-4-14-5-9/h6-9,14H,3-5H2,1-2H3,(H,16,20). The average Bonchev–Trinajstić information content (AvgIpc) is 3.05. The molecule has 3 rings (SSSR count). The number of hydrogen-bond donors (Lipinski definition) is 2. The summed E-state index contributed by atoms with van der Waals surface area (Å²) in [5, 5.41) is 14.9. The van der Waals surface area contributed by atoms with Crippen molar-refractivity contribution in [2.24, 2.45) is 0 Å². The van der Waals surface area contributed by atoms with Gasteiger partial charge in [0.2, 0.25) is 0 Å². The van der Waals surface area contributed by atoms with Crippen LogP contribution in [0.1, 0.15) is 46.3 Å². The molecular weight excluding hydrogens is 288 g/mol. The van der Waals surface area contributed by atoms with Crippen LogP contribution in [0.5, 0.6) is 0 Å². The van der Waals surface area contributed by atoms with Crippen LogP contribution in [0, 0.1) is 0 Å². The minimum Gasteiger partial charge on any atom is -0.342 e. The highest BCUT2D eigenvalue weighted by molar-refractivity contribution is 7.11. The predicted molar refractivity (Wildman–Crippen MR) is 79.3 cm³/mol. The Labute approximate surface area is 126 Å². The summed E-state index contributed by atoms with van der Waals surface area (Å²) in [4.78, 5) is 17.7. The quantitative estimate of drug-likeness (QED) is 0.858. The van der Waals surface area contributed by atoms with Crippen molar-refractivity contribution in [3.05, 3.63) is 28.0 Å². The lowest BCUT2D eigenvalue weighted by Crippen LogP contribution is -2.43. The van der Waals surface area contributed by atoms with E-state index in [1.165, 1.54) is 4.88 Å². The van der Waals surface area contributed by atoms with Crippen molar-refractivity contribution in [2.45, 2.75) is 32.4 Å². The van der Waals surface area contributed by atoms with Crippen LogP contribution in [0.3, 0.4) is 0 Å². The number of amides is 1. The van der Waals surface area contributed by atoms with Gasteiger partial charge in [-0.1, -0.05) is 12.1 Å². The number of aryl methyl sites for hydroxylation is 1. The first kappa shape index (κ1) is 14.2. The number of carbonyl (C=O) groups excluding carboxylic acids is 1. The molecule has 0 bridgehead atoms. The van der Waals surface area contributed by atoms with Crippen LogP contribution in [0.2, 0.25) is 0 Å². The molecule has 0 radical (unpaired) electrons. The van der Waals surface area contributed by atoms with Crippen molar-refractivity contribution in [1.82, 2.24) is 30.6 Å². The van der Waals surface area contributed by atoms with E-state index >= 15 is 0 Å². The summed E-state index contributed by atoms with van der Waals surface area (Å²) in [5.74, 6) is -0.214. The van der Waals surface area contributed by atoms with Crippen molar-refractivity contribution in [3.8, 4) is 0 Å². The molecule has 1 fully saturated rings. The van der Waals surface area contributed by atoms with Crippen LogP contribution in [0.4, 0.5) is 0 Å². The van der Waals surface area contributed by atoms with Crippen LogP contribution in [-0.2, 0) is 6.42 Å². The molecule has 21 heavy (non-hydrogen) atoms. The first-order chi connectivity index (χ1) is 10.2. The Morgan fingerprint density at radius 2 is 2.43 bits per heavy atom. The summed E-state index contributed by atoms with van der Waals surface area (Å²) < 4.78 is 1.74. The largest absolute Gasteiger partial charge is 0.342 e. The second kappa shape index (κ2) is 5.90. The fraction of sp³-hybridized carbons (Fsp3) is 0.538. The van der Waals surface area contributed by atoms with Crippen LogP contribution in [0.25, 0.3) is 0 Å². The normalized spacial score (nSPS) is 16.5. The molecule has 1 amide bonds. The molecule has 1 aliphatic heterocycles. The Kier molecular flexibility index (Phi) is 3.98. The Bertz CT molecular complexity index is 632. The van der Waals surface area contributed by atoms with E-state index in [0.717, 1.165) is 24.5 Å². The van der Waals surface area contributed by atoms with Gasteiger partial charge < -0.3 is 10.6 Å². The number of nitrogens with one attached hydrogen (secondary N) is 2. The number of carbonyl (C=O) groups is 1. The van der Waals surface area contributed by atoms with Gasteiger partial charge in [-0.2, -0.15) is 0 Å². The number of nitrogens with zero attached hydrogens (tertiary/aromatic N) is 4. The molecule has 2 aromatic heterocycles. The Balaban J connectivity index is 1.63. The summed E-state index contributed by atoms with van der Waals surface area (Å²) in [6.45, 7) is 5.77. The second-order valence-electron chi connectivity index (χ2n) is 5.11. The smallest absolute Gasteiger partial charge is 0.274 e. The van der Waals surface area contributed by atoms with Crippen LogP contribution in [-0.4, -0.2) is 39.0 Å². The molecule has 7 nitrogen and oxygen atoms in total. The zero-order valence-electron chi connectivity index (χ0n) is 12.0.